The number of aromatic hydroxyl groups is 1. The highest BCUT2D eigenvalue weighted by molar-refractivity contribution is 5.93. The van der Waals surface area contributed by atoms with E-state index in [-0.39, 0.29) is 43.4 Å². The van der Waals surface area contributed by atoms with E-state index >= 15 is 0 Å². The van der Waals surface area contributed by atoms with E-state index in [0.717, 1.165) is 5.56 Å². The number of unbranched alkanes of at least 4 members (excludes halogenated alkanes) is 1. The molecule has 0 spiro atoms. The van der Waals surface area contributed by atoms with Gasteiger partial charge < -0.3 is 26.6 Å². The van der Waals surface area contributed by atoms with E-state index in [0.29, 0.717) is 44.3 Å². The zero-order valence-electron chi connectivity index (χ0n) is 23.9. The van der Waals surface area contributed by atoms with Gasteiger partial charge in [-0.25, -0.2) is 9.40 Å². The number of hydrogen-bond acceptors (Lipinski definition) is 8. The van der Waals surface area contributed by atoms with Crippen LogP contribution in [0.1, 0.15) is 37.3 Å². The zero-order chi connectivity index (χ0) is 30.4. The molecule has 2 heterocycles. The topological polar surface area (TPSA) is 165 Å². The van der Waals surface area contributed by atoms with Crippen molar-refractivity contribution in [3.8, 4) is 5.75 Å². The van der Waals surface area contributed by atoms with E-state index in [1.807, 2.05) is 11.8 Å². The Balaban J connectivity index is 1.50. The summed E-state index contributed by atoms with van der Waals surface area (Å²) in [5.74, 6) is -3.38. The molecule has 12 heteroatoms. The highest BCUT2D eigenvalue weighted by atomic mass is 19.1. The van der Waals surface area contributed by atoms with Gasteiger partial charge in [-0.1, -0.05) is 24.3 Å². The smallest absolute Gasteiger partial charge is 0.259 e. The van der Waals surface area contributed by atoms with Crippen LogP contribution in [0, 0.1) is 17.7 Å². The highest BCUT2D eigenvalue weighted by Gasteiger charge is 2.49. The summed E-state index contributed by atoms with van der Waals surface area (Å²) in [5, 5.41) is 21.9. The molecule has 3 unspecified atom stereocenters. The fraction of sp³-hybridized carbons (Fsp3) is 0.500. The van der Waals surface area contributed by atoms with Gasteiger partial charge in [-0.05, 0) is 74.5 Å². The molecule has 0 aliphatic carbocycles. The summed E-state index contributed by atoms with van der Waals surface area (Å²) in [4.78, 5) is 44.1. The molecule has 7 N–H and O–H groups in total. The normalized spacial score (nSPS) is 22.5. The van der Waals surface area contributed by atoms with Gasteiger partial charge in [0, 0.05) is 25.7 Å². The average Bonchev–Trinajstić information content (AvgIpc) is 3.42. The molecule has 3 amide bonds. The summed E-state index contributed by atoms with van der Waals surface area (Å²) in [6.07, 6.45) is 0.872. The summed E-state index contributed by atoms with van der Waals surface area (Å²) >= 11 is 0. The van der Waals surface area contributed by atoms with E-state index in [2.05, 4.69) is 5.43 Å². The number of phenolic OH excluding ortho intramolecular Hbond substituents is 1. The molecule has 2 aromatic rings. The zero-order valence-corrected chi connectivity index (χ0v) is 23.9. The van der Waals surface area contributed by atoms with Crippen molar-refractivity contribution in [2.75, 3.05) is 26.3 Å². The fourth-order valence-electron chi connectivity index (χ4n) is 5.75. The van der Waals surface area contributed by atoms with E-state index in [1.165, 1.54) is 22.0 Å². The van der Waals surface area contributed by atoms with Crippen LogP contribution in [0.2, 0.25) is 0 Å². The van der Waals surface area contributed by atoms with Crippen LogP contribution in [0.25, 0.3) is 0 Å². The first kappa shape index (κ1) is 31.4. The van der Waals surface area contributed by atoms with E-state index in [9.17, 15) is 29.0 Å². The molecule has 2 fully saturated rings. The van der Waals surface area contributed by atoms with Gasteiger partial charge in [0.05, 0.1) is 30.7 Å². The molecule has 0 bridgehead atoms. The molecule has 228 valence electrons. The van der Waals surface area contributed by atoms with Crippen LogP contribution in [0.15, 0.2) is 48.5 Å². The number of carbonyl (C=O) groups excluding carboxylic acids is 3. The molecule has 2 aliphatic heterocycles. The Morgan fingerprint density at radius 1 is 1.07 bits per heavy atom. The third-order valence-corrected chi connectivity index (χ3v) is 7.89. The molecule has 0 saturated carbocycles. The maximum absolute atomic E-state index is 13.7. The quantitative estimate of drug-likeness (QED) is 0.215. The first-order valence-corrected chi connectivity index (χ1v) is 14.4. The van der Waals surface area contributed by atoms with Crippen LogP contribution in [0.3, 0.4) is 0 Å². The standard InChI is InChI=1S/C30H41FN6O5/c1-19(33)15-36-18-37(29(41)25(36)14-20-7-11-23(38)12-8-20)34-28(40)24-17-35(16-21-5-9-22(31)10-6-21)30(42)27(24)26(39)4-2-3-13-32/h5-12,19,24-27,38-39H,2-4,13-18,32-33H2,1H3,(H,34,40)/t19-,24?,25+,26?,27?/m0/s1. The Morgan fingerprint density at radius 3 is 2.38 bits per heavy atom. The lowest BCUT2D eigenvalue weighted by molar-refractivity contribution is -0.143. The summed E-state index contributed by atoms with van der Waals surface area (Å²) in [6.45, 7) is 3.01. The lowest BCUT2D eigenvalue weighted by Gasteiger charge is -2.25. The third-order valence-electron chi connectivity index (χ3n) is 7.89. The number of hydrazine groups is 1. The molecule has 42 heavy (non-hydrogen) atoms. The minimum absolute atomic E-state index is 0.0448. The second-order valence-corrected chi connectivity index (χ2v) is 11.3. The molecule has 2 saturated heterocycles. The fourth-order valence-corrected chi connectivity index (χ4v) is 5.75. The first-order valence-electron chi connectivity index (χ1n) is 14.4. The minimum Gasteiger partial charge on any atom is -0.508 e. The molecule has 2 aromatic carbocycles. The average molecular weight is 585 g/mol. The van der Waals surface area contributed by atoms with Crippen molar-refractivity contribution >= 4 is 17.7 Å². The SMILES string of the molecule is C[C@H](N)CN1CN(NC(=O)C2CN(Cc3ccc(F)cc3)C(=O)C2C(O)CCCCN)C(=O)[C@H]1Cc1ccc(O)cc1. The van der Waals surface area contributed by atoms with Crippen molar-refractivity contribution in [2.45, 2.75) is 57.3 Å². The lowest BCUT2D eigenvalue weighted by Crippen LogP contribution is -2.49. The minimum atomic E-state index is -1.07. The number of nitrogens with two attached hydrogens (primary N) is 2. The van der Waals surface area contributed by atoms with Crippen molar-refractivity contribution < 1.29 is 29.0 Å². The first-order chi connectivity index (χ1) is 20.1. The summed E-state index contributed by atoms with van der Waals surface area (Å²) < 4.78 is 13.4. The number of rotatable bonds is 13. The largest absolute Gasteiger partial charge is 0.508 e. The maximum Gasteiger partial charge on any atom is 0.259 e. The number of halogens is 1. The monoisotopic (exact) mass is 584 g/mol. The van der Waals surface area contributed by atoms with Gasteiger partial charge in [0.1, 0.15) is 11.6 Å². The predicted molar refractivity (Wildman–Crippen MR) is 154 cm³/mol. The number of nitrogens with zero attached hydrogens (tertiary/aromatic N) is 3. The number of phenols is 1. The number of carbonyl (C=O) groups is 3. The van der Waals surface area contributed by atoms with Crippen LogP contribution >= 0.6 is 0 Å². The number of likely N-dealkylation sites (tertiary alicyclic amines) is 1. The number of aliphatic hydroxyl groups is 1. The van der Waals surface area contributed by atoms with Crippen molar-refractivity contribution in [1.82, 2.24) is 20.2 Å². The van der Waals surface area contributed by atoms with Gasteiger partial charge in [0.25, 0.3) is 5.91 Å². The Kier molecular flexibility index (Phi) is 10.5. The number of benzene rings is 2. The van der Waals surface area contributed by atoms with Crippen molar-refractivity contribution in [1.29, 1.82) is 0 Å². The van der Waals surface area contributed by atoms with E-state index in [1.54, 1.807) is 36.4 Å². The van der Waals surface area contributed by atoms with Gasteiger partial charge in [-0.3, -0.25) is 24.7 Å². The summed E-state index contributed by atoms with van der Waals surface area (Å²) in [7, 11) is 0. The second kappa shape index (κ2) is 14.1. The van der Waals surface area contributed by atoms with E-state index in [4.69, 9.17) is 11.5 Å². The molecule has 11 nitrogen and oxygen atoms in total. The highest BCUT2D eigenvalue weighted by Crippen LogP contribution is 2.32. The second-order valence-electron chi connectivity index (χ2n) is 11.3. The van der Waals surface area contributed by atoms with Crippen LogP contribution < -0.4 is 16.9 Å². The van der Waals surface area contributed by atoms with Crippen LogP contribution in [0.5, 0.6) is 5.75 Å². The van der Waals surface area contributed by atoms with Gasteiger partial charge in [0.15, 0.2) is 0 Å². The van der Waals surface area contributed by atoms with Crippen molar-refractivity contribution in [3.05, 3.63) is 65.5 Å². The lowest BCUT2D eigenvalue weighted by atomic mass is 9.87. The summed E-state index contributed by atoms with van der Waals surface area (Å²) in [5.41, 5.74) is 15.9. The molecular weight excluding hydrogens is 543 g/mol. The molecular formula is C30H41FN6O5. The molecule has 2 aliphatic rings. The predicted octanol–water partition coefficient (Wildman–Crippen LogP) is 0.687. The van der Waals surface area contributed by atoms with Crippen molar-refractivity contribution in [3.63, 3.8) is 0 Å². The van der Waals surface area contributed by atoms with Crippen LogP contribution in [0.4, 0.5) is 4.39 Å². The molecule has 5 atom stereocenters. The number of aliphatic hydroxyl groups excluding tert-OH is 1. The van der Waals surface area contributed by atoms with Crippen LogP contribution in [-0.4, -0.2) is 87.2 Å². The number of hydrogen-bond donors (Lipinski definition) is 5. The molecule has 0 radical (unpaired) electrons. The maximum atomic E-state index is 13.7. The Morgan fingerprint density at radius 2 is 1.74 bits per heavy atom. The number of nitrogens with one attached hydrogen (secondary N) is 1. The Hall–Kier alpha value is -3.58. The molecule has 4 rings (SSSR count). The van der Waals surface area contributed by atoms with Crippen LogP contribution in [-0.2, 0) is 27.3 Å². The van der Waals surface area contributed by atoms with E-state index < -0.39 is 35.7 Å². The third kappa shape index (κ3) is 7.62. The Bertz CT molecular complexity index is 1230. The van der Waals surface area contributed by atoms with Gasteiger partial charge in [0.2, 0.25) is 11.8 Å². The number of amides is 3. The summed E-state index contributed by atoms with van der Waals surface area (Å²) in [6, 6.07) is 11.5. The Labute approximate surface area is 245 Å². The van der Waals surface area contributed by atoms with Gasteiger partial charge >= 0.3 is 0 Å². The van der Waals surface area contributed by atoms with Gasteiger partial charge in [-0.15, -0.1) is 0 Å². The van der Waals surface area contributed by atoms with Gasteiger partial charge in [-0.2, -0.15) is 0 Å². The molecule has 0 aromatic heterocycles. The van der Waals surface area contributed by atoms with Crippen molar-refractivity contribution in [2.24, 2.45) is 23.3 Å².